The first-order valence-electron chi connectivity index (χ1n) is 8.69. The number of benzene rings is 3. The molecule has 4 rings (SSSR count). The molecule has 1 amide bonds. The summed E-state index contributed by atoms with van der Waals surface area (Å²) in [5.74, 6) is -0.718. The molecule has 0 atom stereocenters. The van der Waals surface area contributed by atoms with Gasteiger partial charge in [0.25, 0.3) is 5.91 Å². The van der Waals surface area contributed by atoms with Crippen molar-refractivity contribution < 1.29 is 18.7 Å². The summed E-state index contributed by atoms with van der Waals surface area (Å²) in [7, 11) is 0. The molecule has 0 spiro atoms. The van der Waals surface area contributed by atoms with Gasteiger partial charge in [0.2, 0.25) is 5.89 Å². The summed E-state index contributed by atoms with van der Waals surface area (Å²) in [4.78, 5) is 16.8. The summed E-state index contributed by atoms with van der Waals surface area (Å²) in [5, 5.41) is 13.0. The topological polar surface area (TPSA) is 75.4 Å². The van der Waals surface area contributed by atoms with Crippen molar-refractivity contribution in [3.63, 3.8) is 0 Å². The number of rotatable bonds is 3. The largest absolute Gasteiger partial charge is 0.507 e. The second-order valence-electron chi connectivity index (χ2n) is 6.65. The first-order valence-corrected chi connectivity index (χ1v) is 8.69. The fraction of sp³-hybridized carbons (Fsp3) is 0.0909. The number of carbonyl (C=O) groups is 1. The van der Waals surface area contributed by atoms with Crippen molar-refractivity contribution in [1.29, 1.82) is 0 Å². The average molecular weight is 376 g/mol. The van der Waals surface area contributed by atoms with Gasteiger partial charge in [0.05, 0.1) is 5.56 Å². The van der Waals surface area contributed by atoms with Gasteiger partial charge >= 0.3 is 0 Å². The smallest absolute Gasteiger partial charge is 0.255 e. The van der Waals surface area contributed by atoms with E-state index in [4.69, 9.17) is 4.42 Å². The quantitative estimate of drug-likeness (QED) is 0.481. The molecule has 0 bridgehead atoms. The van der Waals surface area contributed by atoms with Crippen molar-refractivity contribution in [2.24, 2.45) is 0 Å². The van der Waals surface area contributed by atoms with Gasteiger partial charge in [-0.1, -0.05) is 12.1 Å². The number of phenolic OH excluding ortho intramolecular Hbond substituents is 1. The van der Waals surface area contributed by atoms with Crippen LogP contribution in [0.25, 0.3) is 22.6 Å². The number of hydrogen-bond acceptors (Lipinski definition) is 4. The van der Waals surface area contributed by atoms with E-state index >= 15 is 0 Å². The van der Waals surface area contributed by atoms with Crippen LogP contribution in [0.2, 0.25) is 0 Å². The number of oxazole rings is 1. The van der Waals surface area contributed by atoms with Crippen LogP contribution < -0.4 is 5.32 Å². The monoisotopic (exact) mass is 376 g/mol. The van der Waals surface area contributed by atoms with Gasteiger partial charge in [-0.3, -0.25) is 4.79 Å². The highest BCUT2D eigenvalue weighted by Gasteiger charge is 2.16. The number of aromatic hydroxyl groups is 1. The van der Waals surface area contributed by atoms with Gasteiger partial charge in [-0.2, -0.15) is 0 Å². The maximum absolute atomic E-state index is 13.3. The van der Waals surface area contributed by atoms with Gasteiger partial charge in [-0.25, -0.2) is 9.37 Å². The summed E-state index contributed by atoms with van der Waals surface area (Å²) in [6.45, 7) is 3.90. The van der Waals surface area contributed by atoms with Crippen LogP contribution in [0.15, 0.2) is 59.0 Å². The Hall–Kier alpha value is -3.67. The SMILES string of the molecule is Cc1cc(C)c2oc(-c3cc(NC(=O)c4cccc(F)c4)ccc3O)nc2c1. The van der Waals surface area contributed by atoms with Gasteiger partial charge < -0.3 is 14.8 Å². The van der Waals surface area contributed by atoms with Crippen LogP contribution in [0.4, 0.5) is 10.1 Å². The molecule has 4 aromatic rings. The number of nitrogens with zero attached hydrogens (tertiary/aromatic N) is 1. The average Bonchev–Trinajstić information content (AvgIpc) is 3.07. The van der Waals surface area contributed by atoms with Gasteiger partial charge in [-0.05, 0) is 67.4 Å². The fourth-order valence-electron chi connectivity index (χ4n) is 3.11. The minimum absolute atomic E-state index is 0.0234. The van der Waals surface area contributed by atoms with Gasteiger partial charge in [0.15, 0.2) is 5.58 Å². The lowest BCUT2D eigenvalue weighted by Crippen LogP contribution is -2.12. The van der Waals surface area contributed by atoms with Crippen molar-refractivity contribution in [2.75, 3.05) is 5.32 Å². The molecular formula is C22H17FN2O3. The van der Waals surface area contributed by atoms with E-state index in [-0.39, 0.29) is 17.2 Å². The van der Waals surface area contributed by atoms with Crippen molar-refractivity contribution in [1.82, 2.24) is 4.98 Å². The van der Waals surface area contributed by atoms with Crippen LogP contribution in [-0.4, -0.2) is 16.0 Å². The third-order valence-electron chi connectivity index (χ3n) is 4.39. The molecule has 5 nitrogen and oxygen atoms in total. The molecule has 140 valence electrons. The van der Waals surface area contributed by atoms with Crippen LogP contribution in [0.5, 0.6) is 5.75 Å². The van der Waals surface area contributed by atoms with E-state index in [0.29, 0.717) is 22.4 Å². The number of fused-ring (bicyclic) bond motifs is 1. The summed E-state index contributed by atoms with van der Waals surface area (Å²) >= 11 is 0. The Morgan fingerprint density at radius 2 is 1.93 bits per heavy atom. The number of aromatic nitrogens is 1. The van der Waals surface area contributed by atoms with E-state index in [1.165, 1.54) is 24.3 Å². The molecule has 6 heteroatoms. The summed E-state index contributed by atoms with van der Waals surface area (Å²) < 4.78 is 19.2. The molecule has 0 fully saturated rings. The molecule has 0 saturated heterocycles. The van der Waals surface area contributed by atoms with E-state index in [2.05, 4.69) is 10.3 Å². The number of nitrogens with one attached hydrogen (secondary N) is 1. The third kappa shape index (κ3) is 3.32. The first-order chi connectivity index (χ1) is 13.4. The second-order valence-corrected chi connectivity index (χ2v) is 6.65. The molecule has 2 N–H and O–H groups in total. The number of hydrogen-bond donors (Lipinski definition) is 2. The summed E-state index contributed by atoms with van der Waals surface area (Å²) in [5.41, 5.74) is 4.33. The Bertz CT molecular complexity index is 1210. The number of phenols is 1. The molecule has 3 aromatic carbocycles. The van der Waals surface area contributed by atoms with Gasteiger partial charge in [0, 0.05) is 11.3 Å². The lowest BCUT2D eigenvalue weighted by atomic mass is 10.1. The van der Waals surface area contributed by atoms with Gasteiger partial charge in [-0.15, -0.1) is 0 Å². The standard InChI is InChI=1S/C22H17FN2O3/c1-12-8-13(2)20-18(9-12)25-22(28-20)17-11-16(6-7-19(17)26)24-21(27)14-4-3-5-15(23)10-14/h3-11,26H,1-2H3,(H,24,27). The maximum Gasteiger partial charge on any atom is 0.255 e. The molecule has 0 aliphatic carbocycles. The predicted octanol–water partition coefficient (Wildman–Crippen LogP) is 5.21. The van der Waals surface area contributed by atoms with Crippen LogP contribution in [0.3, 0.4) is 0 Å². The molecule has 0 saturated carbocycles. The number of aryl methyl sites for hydroxylation is 2. The molecular weight excluding hydrogens is 359 g/mol. The number of anilines is 1. The Labute approximate surface area is 160 Å². The van der Waals surface area contributed by atoms with Crippen molar-refractivity contribution in [3.8, 4) is 17.2 Å². The van der Waals surface area contributed by atoms with Crippen LogP contribution in [0.1, 0.15) is 21.5 Å². The van der Waals surface area contributed by atoms with E-state index in [1.807, 2.05) is 26.0 Å². The highest BCUT2D eigenvalue weighted by Crippen LogP contribution is 2.34. The zero-order valence-corrected chi connectivity index (χ0v) is 15.3. The lowest BCUT2D eigenvalue weighted by Gasteiger charge is -2.08. The highest BCUT2D eigenvalue weighted by molar-refractivity contribution is 6.04. The second kappa shape index (κ2) is 6.81. The number of amides is 1. The maximum atomic E-state index is 13.3. The Morgan fingerprint density at radius 3 is 2.71 bits per heavy atom. The normalized spacial score (nSPS) is 11.0. The summed E-state index contributed by atoms with van der Waals surface area (Å²) in [6, 6.07) is 13.9. The Morgan fingerprint density at radius 1 is 1.11 bits per heavy atom. The zero-order chi connectivity index (χ0) is 19.8. The van der Waals surface area contributed by atoms with Crippen LogP contribution in [0, 0.1) is 19.7 Å². The van der Waals surface area contributed by atoms with Crippen LogP contribution in [-0.2, 0) is 0 Å². The molecule has 1 heterocycles. The Balaban J connectivity index is 1.70. The minimum Gasteiger partial charge on any atom is -0.507 e. The van der Waals surface area contributed by atoms with Crippen LogP contribution >= 0.6 is 0 Å². The summed E-state index contributed by atoms with van der Waals surface area (Å²) in [6.07, 6.45) is 0. The van der Waals surface area contributed by atoms with E-state index in [1.54, 1.807) is 12.1 Å². The third-order valence-corrected chi connectivity index (χ3v) is 4.39. The lowest BCUT2D eigenvalue weighted by molar-refractivity contribution is 0.102. The van der Waals surface area contributed by atoms with Crippen molar-refractivity contribution in [3.05, 3.63) is 77.1 Å². The molecule has 0 aliphatic rings. The minimum atomic E-state index is -0.490. The van der Waals surface area contributed by atoms with Gasteiger partial charge in [0.1, 0.15) is 17.1 Å². The number of halogens is 1. The Kier molecular flexibility index (Phi) is 4.31. The predicted molar refractivity (Wildman–Crippen MR) is 105 cm³/mol. The zero-order valence-electron chi connectivity index (χ0n) is 15.3. The van der Waals surface area contributed by atoms with E-state index in [9.17, 15) is 14.3 Å². The molecule has 0 radical (unpaired) electrons. The number of carbonyl (C=O) groups excluding carboxylic acids is 1. The van der Waals surface area contributed by atoms with Crippen molar-refractivity contribution in [2.45, 2.75) is 13.8 Å². The van der Waals surface area contributed by atoms with E-state index < -0.39 is 11.7 Å². The first kappa shape index (κ1) is 17.7. The highest BCUT2D eigenvalue weighted by atomic mass is 19.1. The molecule has 1 aromatic heterocycles. The van der Waals surface area contributed by atoms with E-state index in [0.717, 1.165) is 17.2 Å². The molecule has 0 aliphatic heterocycles. The fourth-order valence-corrected chi connectivity index (χ4v) is 3.11. The molecule has 0 unspecified atom stereocenters. The van der Waals surface area contributed by atoms with Crippen molar-refractivity contribution >= 4 is 22.7 Å². The molecule has 28 heavy (non-hydrogen) atoms.